The molecule has 0 spiro atoms. The lowest BCUT2D eigenvalue weighted by Crippen LogP contribution is -2.23. The first-order chi connectivity index (χ1) is 10.5. The third kappa shape index (κ3) is 2.29. The Balaban J connectivity index is 1.99. The van der Waals surface area contributed by atoms with Gasteiger partial charge in [-0.25, -0.2) is 4.39 Å². The van der Waals surface area contributed by atoms with Crippen LogP contribution in [0.4, 0.5) is 10.1 Å². The van der Waals surface area contributed by atoms with Crippen LogP contribution in [0.15, 0.2) is 42.5 Å². The Bertz CT molecular complexity index is 712. The third-order valence-corrected chi connectivity index (χ3v) is 4.33. The Morgan fingerprint density at radius 2 is 1.82 bits per heavy atom. The number of nitrogens with zero attached hydrogens (tertiary/aromatic N) is 1. The molecular weight excluding hydrogens is 281 g/mol. The van der Waals surface area contributed by atoms with Crippen molar-refractivity contribution >= 4 is 11.6 Å². The monoisotopic (exact) mass is 299 g/mol. The number of halogens is 1. The van der Waals surface area contributed by atoms with Crippen LogP contribution in [0.5, 0.6) is 0 Å². The maximum atomic E-state index is 13.0. The molecule has 0 saturated carbocycles. The zero-order chi connectivity index (χ0) is 15.9. The molecule has 1 N–H and O–H groups in total. The summed E-state index contributed by atoms with van der Waals surface area (Å²) < 4.78 is 13.0. The molecule has 3 rings (SSSR count). The quantitative estimate of drug-likeness (QED) is 0.944. The van der Waals surface area contributed by atoms with E-state index in [2.05, 4.69) is 0 Å². The van der Waals surface area contributed by atoms with Crippen LogP contribution in [0.2, 0.25) is 0 Å². The number of anilines is 1. The minimum atomic E-state index is -0.829. The summed E-state index contributed by atoms with van der Waals surface area (Å²) in [5, 5.41) is 10.5. The van der Waals surface area contributed by atoms with Gasteiger partial charge in [-0.15, -0.1) is 0 Å². The van der Waals surface area contributed by atoms with E-state index in [4.69, 9.17) is 0 Å². The van der Waals surface area contributed by atoms with Gasteiger partial charge in [0.05, 0.1) is 5.92 Å². The maximum Gasteiger partial charge on any atom is 0.234 e. The minimum absolute atomic E-state index is 0.0888. The molecule has 4 heteroatoms. The van der Waals surface area contributed by atoms with E-state index < -0.39 is 6.10 Å². The van der Waals surface area contributed by atoms with Gasteiger partial charge in [0.15, 0.2) is 0 Å². The second-order valence-electron chi connectivity index (χ2n) is 5.63. The molecule has 0 aromatic heterocycles. The Morgan fingerprint density at radius 1 is 1.18 bits per heavy atom. The van der Waals surface area contributed by atoms with Crippen molar-refractivity contribution in [2.75, 3.05) is 11.9 Å². The summed E-state index contributed by atoms with van der Waals surface area (Å²) in [6, 6.07) is 11.4. The summed E-state index contributed by atoms with van der Waals surface area (Å²) in [5.74, 6) is -0.394. The molecule has 3 nitrogen and oxygen atoms in total. The van der Waals surface area contributed by atoms with Gasteiger partial charge < -0.3 is 10.0 Å². The van der Waals surface area contributed by atoms with Crippen molar-refractivity contribution in [3.05, 3.63) is 65.0 Å². The molecule has 114 valence electrons. The molecule has 2 aromatic carbocycles. The average molecular weight is 299 g/mol. The fraction of sp³-hybridized carbons (Fsp3) is 0.278. The zero-order valence-electron chi connectivity index (χ0n) is 12.6. The molecule has 0 bridgehead atoms. The predicted molar refractivity (Wildman–Crippen MR) is 83.3 cm³/mol. The smallest absolute Gasteiger partial charge is 0.234 e. The number of carbonyl (C=O) groups is 1. The van der Waals surface area contributed by atoms with E-state index in [1.54, 1.807) is 24.1 Å². The normalized spacial score (nSPS) is 18.5. The van der Waals surface area contributed by atoms with Crippen LogP contribution in [0, 0.1) is 5.82 Å². The maximum absolute atomic E-state index is 13.0. The minimum Gasteiger partial charge on any atom is -0.384 e. The Kier molecular flexibility index (Phi) is 3.71. The van der Waals surface area contributed by atoms with E-state index in [9.17, 15) is 14.3 Å². The van der Waals surface area contributed by atoms with Gasteiger partial charge in [0.25, 0.3) is 0 Å². The molecule has 0 saturated heterocycles. The molecule has 1 aliphatic heterocycles. The summed E-state index contributed by atoms with van der Waals surface area (Å²) in [6.07, 6.45) is -0.101. The van der Waals surface area contributed by atoms with Gasteiger partial charge in [-0.3, -0.25) is 4.79 Å². The van der Waals surface area contributed by atoms with E-state index in [0.29, 0.717) is 11.1 Å². The van der Waals surface area contributed by atoms with Crippen LogP contribution in [-0.2, 0) is 4.79 Å². The van der Waals surface area contributed by atoms with Crippen molar-refractivity contribution in [1.29, 1.82) is 0 Å². The highest BCUT2D eigenvalue weighted by molar-refractivity contribution is 6.04. The number of benzene rings is 2. The van der Waals surface area contributed by atoms with Crippen LogP contribution in [-0.4, -0.2) is 18.1 Å². The summed E-state index contributed by atoms with van der Waals surface area (Å²) in [4.78, 5) is 13.9. The molecule has 2 atom stereocenters. The average Bonchev–Trinajstić information content (AvgIpc) is 2.78. The van der Waals surface area contributed by atoms with Gasteiger partial charge in [0.2, 0.25) is 5.91 Å². The van der Waals surface area contributed by atoms with E-state index in [0.717, 1.165) is 17.7 Å². The zero-order valence-corrected chi connectivity index (χ0v) is 12.6. The molecular formula is C18H18FNO2. The van der Waals surface area contributed by atoms with Crippen LogP contribution >= 0.6 is 0 Å². The van der Waals surface area contributed by atoms with E-state index >= 15 is 0 Å². The third-order valence-electron chi connectivity index (χ3n) is 4.33. The fourth-order valence-corrected chi connectivity index (χ4v) is 3.05. The molecule has 2 unspecified atom stereocenters. The highest BCUT2D eigenvalue weighted by Crippen LogP contribution is 2.40. The molecule has 0 aliphatic carbocycles. The van der Waals surface area contributed by atoms with E-state index in [-0.39, 0.29) is 17.6 Å². The summed E-state index contributed by atoms with van der Waals surface area (Å²) in [5.41, 5.74) is 3.19. The van der Waals surface area contributed by atoms with Gasteiger partial charge in [0, 0.05) is 12.7 Å². The van der Waals surface area contributed by atoms with Crippen LogP contribution in [0.25, 0.3) is 0 Å². The lowest BCUT2D eigenvalue weighted by molar-refractivity contribution is -0.119. The summed E-state index contributed by atoms with van der Waals surface area (Å²) >= 11 is 0. The van der Waals surface area contributed by atoms with Crippen LogP contribution in [0.3, 0.4) is 0 Å². The number of likely N-dealkylation sites (N-methyl/N-ethyl adjacent to an activating group) is 1. The van der Waals surface area contributed by atoms with Gasteiger partial charge in [-0.05, 0) is 47.4 Å². The number of fused-ring (bicyclic) bond motifs is 1. The second-order valence-corrected chi connectivity index (χ2v) is 5.63. The lowest BCUT2D eigenvalue weighted by atomic mass is 9.93. The van der Waals surface area contributed by atoms with Gasteiger partial charge in [0.1, 0.15) is 11.9 Å². The van der Waals surface area contributed by atoms with Crippen molar-refractivity contribution in [3.63, 3.8) is 0 Å². The number of aliphatic hydroxyl groups is 1. The van der Waals surface area contributed by atoms with Gasteiger partial charge in [-0.2, -0.15) is 0 Å². The number of aliphatic hydroxyl groups excluding tert-OH is 1. The molecule has 1 heterocycles. The Morgan fingerprint density at radius 3 is 2.45 bits per heavy atom. The first kappa shape index (κ1) is 14.7. The summed E-state index contributed by atoms with van der Waals surface area (Å²) in [6.45, 7) is 1.98. The van der Waals surface area contributed by atoms with Gasteiger partial charge in [-0.1, -0.05) is 25.1 Å². The van der Waals surface area contributed by atoms with Crippen molar-refractivity contribution in [3.8, 4) is 0 Å². The van der Waals surface area contributed by atoms with Crippen molar-refractivity contribution in [2.45, 2.75) is 25.4 Å². The number of hydrogen-bond acceptors (Lipinski definition) is 2. The summed E-state index contributed by atoms with van der Waals surface area (Å²) in [7, 11) is 1.77. The fourth-order valence-electron chi connectivity index (χ4n) is 3.05. The van der Waals surface area contributed by atoms with Gasteiger partial charge >= 0.3 is 0 Å². The van der Waals surface area contributed by atoms with Crippen LogP contribution < -0.4 is 4.90 Å². The van der Waals surface area contributed by atoms with Crippen molar-refractivity contribution < 1.29 is 14.3 Å². The highest BCUT2D eigenvalue weighted by atomic mass is 19.1. The second kappa shape index (κ2) is 5.54. The van der Waals surface area contributed by atoms with E-state index in [1.807, 2.05) is 25.1 Å². The highest BCUT2D eigenvalue weighted by Gasteiger charge is 2.34. The first-order valence-corrected chi connectivity index (χ1v) is 7.38. The first-order valence-electron chi connectivity index (χ1n) is 7.38. The standard InChI is InChI=1S/C18H18FNO2/c1-3-14-15-10-12(6-9-16(15)20(2)18(14)22)17(21)11-4-7-13(19)8-5-11/h4-10,14,17,21H,3H2,1-2H3. The largest absolute Gasteiger partial charge is 0.384 e. The topological polar surface area (TPSA) is 40.5 Å². The number of rotatable bonds is 3. The Labute approximate surface area is 129 Å². The number of hydrogen-bond donors (Lipinski definition) is 1. The predicted octanol–water partition coefficient (Wildman–Crippen LogP) is 3.38. The van der Waals surface area contributed by atoms with Crippen molar-refractivity contribution in [2.24, 2.45) is 0 Å². The molecule has 22 heavy (non-hydrogen) atoms. The molecule has 1 aliphatic rings. The van der Waals surface area contributed by atoms with Crippen molar-refractivity contribution in [1.82, 2.24) is 0 Å². The molecule has 2 aromatic rings. The molecule has 0 radical (unpaired) electrons. The number of carbonyl (C=O) groups excluding carboxylic acids is 1. The molecule has 1 amide bonds. The van der Waals surface area contributed by atoms with E-state index in [1.165, 1.54) is 12.1 Å². The SMILES string of the molecule is CCC1C(=O)N(C)c2ccc(C(O)c3ccc(F)cc3)cc21. The lowest BCUT2D eigenvalue weighted by Gasteiger charge is -2.14. The Hall–Kier alpha value is -2.20. The number of amides is 1. The molecule has 0 fully saturated rings. The van der Waals surface area contributed by atoms with Crippen LogP contribution in [0.1, 0.15) is 42.1 Å².